The molecular formula is C25H39FN8. The van der Waals surface area contributed by atoms with Gasteiger partial charge in [0, 0.05) is 32.4 Å². The van der Waals surface area contributed by atoms with Crippen LogP contribution in [0.15, 0.2) is 18.2 Å². The minimum Gasteiger partial charge on any atom is -0.375 e. The molecule has 1 aliphatic carbocycles. The highest BCUT2D eigenvalue weighted by Crippen LogP contribution is 2.33. The molecular weight excluding hydrogens is 431 g/mol. The Hall–Kier alpha value is -2.68. The Balaban J connectivity index is 1.68. The van der Waals surface area contributed by atoms with Gasteiger partial charge in [-0.15, -0.1) is 0 Å². The van der Waals surface area contributed by atoms with E-state index in [0.29, 0.717) is 29.2 Å². The highest BCUT2D eigenvalue weighted by Gasteiger charge is 2.32. The first-order chi connectivity index (χ1) is 16.5. The van der Waals surface area contributed by atoms with Crippen molar-refractivity contribution in [2.45, 2.75) is 70.4 Å². The van der Waals surface area contributed by atoms with Crippen LogP contribution in [0.5, 0.6) is 0 Å². The summed E-state index contributed by atoms with van der Waals surface area (Å²) in [7, 11) is 3.67. The summed E-state index contributed by atoms with van der Waals surface area (Å²) in [6.45, 7) is 3.96. The number of aromatic nitrogens is 3. The molecule has 1 aliphatic heterocycles. The summed E-state index contributed by atoms with van der Waals surface area (Å²) in [6.07, 6.45) is 9.38. The summed E-state index contributed by atoms with van der Waals surface area (Å²) >= 11 is 0. The molecule has 2 heterocycles. The zero-order valence-electron chi connectivity index (χ0n) is 20.7. The molecule has 1 aromatic carbocycles. The van der Waals surface area contributed by atoms with Crippen molar-refractivity contribution in [2.24, 2.45) is 5.92 Å². The van der Waals surface area contributed by atoms with Crippen LogP contribution in [0, 0.1) is 11.7 Å². The Kier molecular flexibility index (Phi) is 8.03. The van der Waals surface area contributed by atoms with Gasteiger partial charge in [0.1, 0.15) is 5.82 Å². The molecule has 2 aromatic rings. The van der Waals surface area contributed by atoms with Crippen LogP contribution in [0.4, 0.5) is 33.6 Å². The first-order valence-corrected chi connectivity index (χ1v) is 12.7. The molecule has 0 spiro atoms. The molecule has 34 heavy (non-hydrogen) atoms. The lowest BCUT2D eigenvalue weighted by atomic mass is 9.89. The topological polar surface area (TPSA) is 95.2 Å². The standard InChI is InChI=1S/C25H39FN8/c1-4-21(20-11-8-14-28-20)34(18-12-13-22(33(2)3)19(26)15-18)25-31-23(27)30-24(32-25)29-16-17-9-6-5-7-10-17/h12-13,15,17,20-21,28H,4-11,14,16H2,1-3H3,(H3,27,29,30,31,32). The largest absolute Gasteiger partial charge is 0.375 e. The summed E-state index contributed by atoms with van der Waals surface area (Å²) in [4.78, 5) is 17.4. The minimum absolute atomic E-state index is 0.0556. The second-order valence-electron chi connectivity index (χ2n) is 9.78. The lowest BCUT2D eigenvalue weighted by Gasteiger charge is -2.35. The number of benzene rings is 1. The average molecular weight is 471 g/mol. The number of hydrogen-bond acceptors (Lipinski definition) is 8. The SMILES string of the molecule is CCC(C1CCCN1)N(c1ccc(N(C)C)c(F)c1)c1nc(N)nc(NCC2CCCCC2)n1. The molecule has 4 rings (SSSR count). The second kappa shape index (κ2) is 11.2. The van der Waals surface area contributed by atoms with E-state index in [1.165, 1.54) is 32.1 Å². The lowest BCUT2D eigenvalue weighted by Crippen LogP contribution is -2.46. The molecule has 2 aliphatic rings. The van der Waals surface area contributed by atoms with E-state index in [2.05, 4.69) is 27.5 Å². The van der Waals surface area contributed by atoms with Crippen LogP contribution in [-0.4, -0.2) is 54.2 Å². The van der Waals surface area contributed by atoms with Crippen LogP contribution in [0.25, 0.3) is 0 Å². The van der Waals surface area contributed by atoms with Crippen molar-refractivity contribution in [3.63, 3.8) is 0 Å². The first kappa shape index (κ1) is 24.4. The number of nitrogens with zero attached hydrogens (tertiary/aromatic N) is 5. The van der Waals surface area contributed by atoms with Gasteiger partial charge in [-0.3, -0.25) is 0 Å². The van der Waals surface area contributed by atoms with Crippen molar-refractivity contribution in [3.05, 3.63) is 24.0 Å². The minimum atomic E-state index is -0.278. The Labute approximate surface area is 202 Å². The van der Waals surface area contributed by atoms with Gasteiger partial charge in [-0.1, -0.05) is 26.2 Å². The smallest absolute Gasteiger partial charge is 0.236 e. The third-order valence-corrected chi connectivity index (χ3v) is 7.13. The number of hydrogen-bond donors (Lipinski definition) is 3. The van der Waals surface area contributed by atoms with E-state index in [0.717, 1.165) is 32.4 Å². The van der Waals surface area contributed by atoms with Crippen molar-refractivity contribution in [1.29, 1.82) is 0 Å². The monoisotopic (exact) mass is 470 g/mol. The van der Waals surface area contributed by atoms with Gasteiger partial charge in [-0.2, -0.15) is 15.0 Å². The summed E-state index contributed by atoms with van der Waals surface area (Å²) in [5.41, 5.74) is 7.41. The van der Waals surface area contributed by atoms with Gasteiger partial charge in [-0.05, 0) is 62.8 Å². The maximum absolute atomic E-state index is 15.0. The molecule has 0 amide bonds. The van der Waals surface area contributed by atoms with Gasteiger partial charge in [0.15, 0.2) is 0 Å². The zero-order valence-corrected chi connectivity index (χ0v) is 20.7. The van der Waals surface area contributed by atoms with Gasteiger partial charge in [-0.25, -0.2) is 4.39 Å². The number of nitrogens with one attached hydrogen (secondary N) is 2. The summed E-state index contributed by atoms with van der Waals surface area (Å²) in [5, 5.41) is 7.01. The average Bonchev–Trinajstić information content (AvgIpc) is 3.35. The van der Waals surface area contributed by atoms with Crippen molar-refractivity contribution in [2.75, 3.05) is 48.0 Å². The Bertz CT molecular complexity index is 941. The summed E-state index contributed by atoms with van der Waals surface area (Å²) in [6, 6.07) is 5.63. The fourth-order valence-electron chi connectivity index (χ4n) is 5.34. The Morgan fingerprint density at radius 3 is 2.56 bits per heavy atom. The number of nitrogens with two attached hydrogens (primary N) is 1. The van der Waals surface area contributed by atoms with Crippen molar-refractivity contribution in [3.8, 4) is 0 Å². The number of nitrogen functional groups attached to an aromatic ring is 1. The maximum atomic E-state index is 15.0. The van der Waals surface area contributed by atoms with Gasteiger partial charge in [0.2, 0.25) is 17.8 Å². The molecule has 1 aromatic heterocycles. The second-order valence-corrected chi connectivity index (χ2v) is 9.78. The molecule has 2 unspecified atom stereocenters. The molecule has 2 atom stereocenters. The van der Waals surface area contributed by atoms with Crippen molar-refractivity contribution >= 4 is 29.2 Å². The molecule has 186 valence electrons. The Morgan fingerprint density at radius 2 is 1.91 bits per heavy atom. The van der Waals surface area contributed by atoms with Gasteiger partial charge in [0.25, 0.3) is 0 Å². The molecule has 0 radical (unpaired) electrons. The van der Waals surface area contributed by atoms with Gasteiger partial charge in [0.05, 0.1) is 11.7 Å². The van der Waals surface area contributed by atoms with Crippen LogP contribution in [0.1, 0.15) is 58.3 Å². The van der Waals surface area contributed by atoms with E-state index >= 15 is 4.39 Å². The number of halogens is 1. The summed E-state index contributed by atoms with van der Waals surface area (Å²) < 4.78 is 15.0. The van der Waals surface area contributed by atoms with Crippen LogP contribution in [0.3, 0.4) is 0 Å². The Morgan fingerprint density at radius 1 is 1.12 bits per heavy atom. The quantitative estimate of drug-likeness (QED) is 0.499. The van der Waals surface area contributed by atoms with Gasteiger partial charge >= 0.3 is 0 Å². The molecule has 8 nitrogen and oxygen atoms in total. The molecule has 1 saturated heterocycles. The molecule has 1 saturated carbocycles. The highest BCUT2D eigenvalue weighted by atomic mass is 19.1. The highest BCUT2D eigenvalue weighted by molar-refractivity contribution is 5.64. The van der Waals surface area contributed by atoms with E-state index in [1.807, 2.05) is 25.1 Å². The van der Waals surface area contributed by atoms with Gasteiger partial charge < -0.3 is 26.2 Å². The predicted molar refractivity (Wildman–Crippen MR) is 137 cm³/mol. The predicted octanol–water partition coefficient (Wildman–Crippen LogP) is 4.32. The van der Waals surface area contributed by atoms with E-state index in [4.69, 9.17) is 10.7 Å². The summed E-state index contributed by atoms with van der Waals surface area (Å²) in [5.74, 6) is 1.46. The lowest BCUT2D eigenvalue weighted by molar-refractivity contribution is 0.373. The van der Waals surface area contributed by atoms with Crippen LogP contribution < -0.4 is 26.2 Å². The van der Waals surface area contributed by atoms with Crippen LogP contribution in [-0.2, 0) is 0 Å². The van der Waals surface area contributed by atoms with E-state index in [9.17, 15) is 0 Å². The van der Waals surface area contributed by atoms with E-state index < -0.39 is 0 Å². The van der Waals surface area contributed by atoms with Crippen LogP contribution in [0.2, 0.25) is 0 Å². The fraction of sp³-hybridized carbons (Fsp3) is 0.640. The molecule has 2 fully saturated rings. The molecule has 0 bridgehead atoms. The molecule has 4 N–H and O–H groups in total. The van der Waals surface area contributed by atoms with Crippen LogP contribution >= 0.6 is 0 Å². The third-order valence-electron chi connectivity index (χ3n) is 7.13. The third kappa shape index (κ3) is 5.68. The number of anilines is 5. The van der Waals surface area contributed by atoms with Crippen molar-refractivity contribution in [1.82, 2.24) is 20.3 Å². The zero-order chi connectivity index (χ0) is 24.1. The number of rotatable bonds is 9. The van der Waals surface area contributed by atoms with Crippen molar-refractivity contribution < 1.29 is 4.39 Å². The fourth-order valence-corrected chi connectivity index (χ4v) is 5.34. The first-order valence-electron chi connectivity index (χ1n) is 12.7. The molecule has 9 heteroatoms. The maximum Gasteiger partial charge on any atom is 0.236 e. The van der Waals surface area contributed by atoms with E-state index in [1.54, 1.807) is 17.0 Å². The van der Waals surface area contributed by atoms with E-state index in [-0.39, 0.29) is 23.8 Å². The normalized spacial score (nSPS) is 19.7.